The topological polar surface area (TPSA) is 45.4 Å². The zero-order valence-electron chi connectivity index (χ0n) is 25.5. The first-order valence-electron chi connectivity index (χ1n) is 16.0. The Morgan fingerprint density at radius 2 is 0.917 bits per heavy atom. The maximum absolute atomic E-state index is 16.0. The molecule has 2 aliphatic heterocycles. The molecule has 226 valence electrons. The largest absolute Gasteiger partial charge is 0.456 e. The second kappa shape index (κ2) is 9.28. The van der Waals surface area contributed by atoms with E-state index in [4.69, 9.17) is 9.47 Å². The first-order chi connectivity index (χ1) is 23.7. The number of hydrogen-bond acceptors (Lipinski definition) is 3. The van der Waals surface area contributed by atoms with Crippen molar-refractivity contribution in [3.05, 3.63) is 152 Å². The number of hydrogen-bond donors (Lipinski definition) is 0. The van der Waals surface area contributed by atoms with E-state index in [9.17, 15) is 0 Å². The van der Waals surface area contributed by atoms with Crippen LogP contribution in [0.1, 0.15) is 0 Å². The molecule has 6 heteroatoms. The molecule has 0 saturated carbocycles. The van der Waals surface area contributed by atoms with Gasteiger partial charge in [0.2, 0.25) is 0 Å². The molecule has 0 fully saturated rings. The normalized spacial score (nSPS) is 16.0. The average Bonchev–Trinajstić information content (AvgIpc) is 3.64. The fourth-order valence-electron chi connectivity index (χ4n) is 7.94. The van der Waals surface area contributed by atoms with Crippen LogP contribution in [0.5, 0.6) is 23.0 Å². The fourth-order valence-corrected chi connectivity index (χ4v) is 11.0. The van der Waals surface area contributed by atoms with E-state index in [1.54, 1.807) is 0 Å². The molecule has 2 aliphatic rings. The molecule has 9 aromatic rings. The molecule has 4 heterocycles. The minimum Gasteiger partial charge on any atom is -0.456 e. The molecule has 48 heavy (non-hydrogen) atoms. The molecule has 7 aromatic carbocycles. The number of para-hydroxylation sites is 5. The quantitative estimate of drug-likeness (QED) is 0.178. The van der Waals surface area contributed by atoms with Gasteiger partial charge in [-0.05, 0) is 48.5 Å². The molecule has 0 N–H and O–H groups in total. The van der Waals surface area contributed by atoms with Crippen molar-refractivity contribution in [3.8, 4) is 34.4 Å². The van der Waals surface area contributed by atoms with Crippen molar-refractivity contribution in [1.29, 1.82) is 0 Å². The van der Waals surface area contributed by atoms with Crippen LogP contribution in [0.3, 0.4) is 0 Å². The maximum Gasteiger partial charge on any atom is 0.185 e. The van der Waals surface area contributed by atoms with Crippen molar-refractivity contribution in [1.82, 2.24) is 9.13 Å². The molecule has 1 atom stereocenters. The summed E-state index contributed by atoms with van der Waals surface area (Å²) in [6.07, 6.45) is 0. The molecule has 1 unspecified atom stereocenters. The predicted molar refractivity (Wildman–Crippen MR) is 195 cm³/mol. The van der Waals surface area contributed by atoms with Crippen LogP contribution in [0.15, 0.2) is 152 Å². The molecule has 5 nitrogen and oxygen atoms in total. The Labute approximate surface area is 275 Å². The highest BCUT2D eigenvalue weighted by atomic mass is 31.2. The molecular weight excluding hydrogens is 611 g/mol. The summed E-state index contributed by atoms with van der Waals surface area (Å²) < 4.78 is 34.1. The van der Waals surface area contributed by atoms with Gasteiger partial charge in [-0.2, -0.15) is 0 Å². The highest BCUT2D eigenvalue weighted by Crippen LogP contribution is 2.59. The highest BCUT2D eigenvalue weighted by Gasteiger charge is 2.47. The lowest BCUT2D eigenvalue weighted by molar-refractivity contribution is 0.461. The van der Waals surface area contributed by atoms with E-state index in [1.807, 2.05) is 42.5 Å². The van der Waals surface area contributed by atoms with Gasteiger partial charge in [-0.3, -0.25) is 0 Å². The van der Waals surface area contributed by atoms with Crippen LogP contribution < -0.4 is 25.4 Å². The second-order valence-corrected chi connectivity index (χ2v) is 15.1. The van der Waals surface area contributed by atoms with Crippen LogP contribution in [0.2, 0.25) is 0 Å². The molecule has 0 bridgehead atoms. The van der Waals surface area contributed by atoms with Crippen molar-refractivity contribution in [2.24, 2.45) is 0 Å². The van der Waals surface area contributed by atoms with Gasteiger partial charge in [0.1, 0.15) is 28.3 Å². The smallest absolute Gasteiger partial charge is 0.185 e. The Morgan fingerprint density at radius 1 is 0.396 bits per heavy atom. The van der Waals surface area contributed by atoms with Crippen LogP contribution in [-0.4, -0.2) is 9.13 Å². The Balaban J connectivity index is 1.24. The van der Waals surface area contributed by atoms with E-state index in [0.717, 1.165) is 44.2 Å². The molecule has 0 spiro atoms. The zero-order chi connectivity index (χ0) is 31.6. The third kappa shape index (κ3) is 3.28. The molecule has 2 aromatic heterocycles. The van der Waals surface area contributed by atoms with Crippen molar-refractivity contribution >= 4 is 66.7 Å². The maximum atomic E-state index is 16.0. The summed E-state index contributed by atoms with van der Waals surface area (Å²) in [5.41, 5.74) is 6.18. The summed E-state index contributed by atoms with van der Waals surface area (Å²) in [6, 6.07) is 51.6. The van der Waals surface area contributed by atoms with Gasteiger partial charge in [0.05, 0.1) is 38.4 Å². The first kappa shape index (κ1) is 26.1. The number of fused-ring (bicyclic) bond motifs is 10. The van der Waals surface area contributed by atoms with E-state index in [0.29, 0.717) is 38.9 Å². The third-order valence-corrected chi connectivity index (χ3v) is 13.1. The summed E-state index contributed by atoms with van der Waals surface area (Å²) in [7, 11) is -3.42. The number of aromatic nitrogens is 2. The molecule has 0 amide bonds. The molecule has 11 rings (SSSR count). The van der Waals surface area contributed by atoms with Gasteiger partial charge in [0.25, 0.3) is 0 Å². The van der Waals surface area contributed by atoms with Crippen LogP contribution in [0.25, 0.3) is 55.0 Å². The van der Waals surface area contributed by atoms with Gasteiger partial charge in [-0.1, -0.05) is 84.9 Å². The summed E-state index contributed by atoms with van der Waals surface area (Å²) in [4.78, 5) is 0. The fraction of sp³-hybridized carbons (Fsp3) is 0. The monoisotopic (exact) mass is 636 g/mol. The number of nitrogens with zero attached hydrogens (tertiary/aromatic N) is 2. The zero-order valence-corrected chi connectivity index (χ0v) is 26.4. The summed E-state index contributed by atoms with van der Waals surface area (Å²) >= 11 is 0. The van der Waals surface area contributed by atoms with Crippen LogP contribution in [-0.2, 0) is 4.57 Å². The van der Waals surface area contributed by atoms with Gasteiger partial charge < -0.3 is 23.2 Å². The van der Waals surface area contributed by atoms with Gasteiger partial charge >= 0.3 is 0 Å². The van der Waals surface area contributed by atoms with E-state index < -0.39 is 7.14 Å². The van der Waals surface area contributed by atoms with Crippen molar-refractivity contribution in [2.75, 3.05) is 0 Å². The SMILES string of the molecule is O=P12c3ccccc3Oc3cc(-n4c5ccccc5c5ccccc54)cc(c31)Oc1cc3c(cc12)c1ccccc1n3-c1ccccc1. The van der Waals surface area contributed by atoms with E-state index in [1.165, 1.54) is 10.8 Å². The van der Waals surface area contributed by atoms with Crippen LogP contribution in [0.4, 0.5) is 0 Å². The van der Waals surface area contributed by atoms with Crippen molar-refractivity contribution < 1.29 is 14.0 Å². The van der Waals surface area contributed by atoms with Gasteiger partial charge in [-0.15, -0.1) is 0 Å². The molecule has 0 saturated heterocycles. The standard InChI is InChI=1S/C42H25N2O3P/c45-48-40-21-11-10-20-36(40)46-38-22-27(44-32-17-7-4-14-28(32)29-15-5-8-18-33(29)44)23-39(42(38)48)47-37-25-35-31(24-41(37)48)30-16-6-9-19-34(30)43(35)26-12-2-1-3-13-26/h1-25H. The second-order valence-electron chi connectivity index (χ2n) is 12.5. The minimum atomic E-state index is -3.42. The van der Waals surface area contributed by atoms with Crippen molar-refractivity contribution in [3.63, 3.8) is 0 Å². The summed E-state index contributed by atoms with van der Waals surface area (Å²) in [5, 5.41) is 6.46. The molecule has 0 aliphatic carbocycles. The van der Waals surface area contributed by atoms with Gasteiger partial charge in [0.15, 0.2) is 7.14 Å². The third-order valence-electron chi connectivity index (χ3n) is 9.93. The Morgan fingerprint density at radius 3 is 1.58 bits per heavy atom. The van der Waals surface area contributed by atoms with E-state index in [2.05, 4.69) is 118 Å². The van der Waals surface area contributed by atoms with Crippen LogP contribution in [0, 0.1) is 0 Å². The lowest BCUT2D eigenvalue weighted by Crippen LogP contribution is -2.35. The van der Waals surface area contributed by atoms with Gasteiger partial charge in [0, 0.05) is 45.4 Å². The van der Waals surface area contributed by atoms with E-state index >= 15 is 4.57 Å². The predicted octanol–water partition coefficient (Wildman–Crippen LogP) is 9.73. The minimum absolute atomic E-state index is 0.552. The van der Waals surface area contributed by atoms with Crippen molar-refractivity contribution in [2.45, 2.75) is 0 Å². The lowest BCUT2D eigenvalue weighted by atomic mass is 10.1. The highest BCUT2D eigenvalue weighted by molar-refractivity contribution is 7.86. The van der Waals surface area contributed by atoms with E-state index in [-0.39, 0.29) is 0 Å². The molecule has 0 radical (unpaired) electrons. The molecular formula is C42H25N2O3P. The van der Waals surface area contributed by atoms with Crippen LogP contribution >= 0.6 is 7.14 Å². The number of benzene rings is 7. The average molecular weight is 637 g/mol. The van der Waals surface area contributed by atoms with Gasteiger partial charge in [-0.25, -0.2) is 0 Å². The summed E-state index contributed by atoms with van der Waals surface area (Å²) in [6.45, 7) is 0. The first-order valence-corrected chi connectivity index (χ1v) is 17.7. The Kier molecular flexibility index (Phi) is 5.04. The summed E-state index contributed by atoms with van der Waals surface area (Å²) in [5.74, 6) is 2.32. The lowest BCUT2D eigenvalue weighted by Gasteiger charge is -2.35. The number of ether oxygens (including phenoxy) is 2. The Hall–Kier alpha value is -6.03. The number of rotatable bonds is 2. The Bertz CT molecular complexity index is 2830.